The number of nitrogens with zero attached hydrogens (tertiary/aromatic N) is 1. The number of anilines is 3. The molecule has 0 radical (unpaired) electrons. The van der Waals surface area contributed by atoms with Gasteiger partial charge in [-0.25, -0.2) is 0 Å². The Labute approximate surface area is 302 Å². The fraction of sp³-hybridized carbons (Fsp3) is 0. The highest BCUT2D eigenvalue weighted by Gasteiger charge is 2.19. The predicted octanol–water partition coefficient (Wildman–Crippen LogP) is 14.4. The number of hydrogen-bond acceptors (Lipinski definition) is 2. The van der Waals surface area contributed by atoms with E-state index in [9.17, 15) is 0 Å². The number of rotatable bonds is 6. The normalized spacial score (nSPS) is 11.5. The smallest absolute Gasteiger partial charge is 0.143 e. The van der Waals surface area contributed by atoms with Crippen LogP contribution in [0.3, 0.4) is 0 Å². The predicted molar refractivity (Wildman–Crippen MR) is 220 cm³/mol. The van der Waals surface area contributed by atoms with Crippen LogP contribution in [0.2, 0.25) is 0 Å². The molecule has 2 nitrogen and oxygen atoms in total. The standard InChI is InChI=1S/C50H33NO/c1-2-11-34(12-3-1)36-23-28-41(29-24-36)51(47-19-9-8-16-43(47)40-22-21-35-13-4-5-15-39(35)33-40)42-30-25-38(26-31-42)44-18-10-20-48-49(44)46-32-27-37-14-6-7-17-45(37)50(46)52-48/h1-33H. The summed E-state index contributed by atoms with van der Waals surface area (Å²) < 4.78 is 6.52. The Morgan fingerprint density at radius 1 is 0.346 bits per heavy atom. The third-order valence-corrected chi connectivity index (χ3v) is 10.3. The van der Waals surface area contributed by atoms with Crippen LogP contribution in [0.4, 0.5) is 17.1 Å². The van der Waals surface area contributed by atoms with Gasteiger partial charge in [0.05, 0.1) is 5.69 Å². The molecule has 10 rings (SSSR count). The van der Waals surface area contributed by atoms with Gasteiger partial charge < -0.3 is 9.32 Å². The molecule has 0 unspecified atom stereocenters. The number of fused-ring (bicyclic) bond motifs is 6. The first kappa shape index (κ1) is 30.0. The van der Waals surface area contributed by atoms with Crippen LogP contribution in [0.5, 0.6) is 0 Å². The van der Waals surface area contributed by atoms with Gasteiger partial charge in [0.25, 0.3) is 0 Å². The van der Waals surface area contributed by atoms with Crippen LogP contribution in [-0.4, -0.2) is 0 Å². The largest absolute Gasteiger partial charge is 0.455 e. The monoisotopic (exact) mass is 663 g/mol. The summed E-state index contributed by atoms with van der Waals surface area (Å²) in [6.07, 6.45) is 0. The first-order chi connectivity index (χ1) is 25.8. The zero-order valence-electron chi connectivity index (χ0n) is 28.4. The van der Waals surface area contributed by atoms with Crippen molar-refractivity contribution in [1.82, 2.24) is 0 Å². The van der Waals surface area contributed by atoms with Gasteiger partial charge in [-0.15, -0.1) is 0 Å². The molecule has 1 aromatic heterocycles. The van der Waals surface area contributed by atoms with E-state index in [1.807, 2.05) is 0 Å². The van der Waals surface area contributed by atoms with Crippen molar-refractivity contribution in [3.8, 4) is 33.4 Å². The molecule has 0 spiro atoms. The van der Waals surface area contributed by atoms with Crippen LogP contribution in [0.1, 0.15) is 0 Å². The Hall–Kier alpha value is -6.90. The van der Waals surface area contributed by atoms with Crippen molar-refractivity contribution < 1.29 is 4.42 Å². The molecule has 0 bridgehead atoms. The molecule has 0 saturated heterocycles. The Morgan fingerprint density at radius 3 is 1.75 bits per heavy atom. The van der Waals surface area contributed by atoms with Crippen molar-refractivity contribution in [2.75, 3.05) is 4.90 Å². The van der Waals surface area contributed by atoms with Gasteiger partial charge in [-0.2, -0.15) is 0 Å². The topological polar surface area (TPSA) is 16.4 Å². The number of furan rings is 1. The third-order valence-electron chi connectivity index (χ3n) is 10.3. The summed E-state index contributed by atoms with van der Waals surface area (Å²) in [5.41, 5.74) is 12.2. The van der Waals surface area contributed by atoms with Crippen LogP contribution >= 0.6 is 0 Å². The maximum Gasteiger partial charge on any atom is 0.143 e. The van der Waals surface area contributed by atoms with Gasteiger partial charge in [0.1, 0.15) is 11.2 Å². The van der Waals surface area contributed by atoms with E-state index in [1.54, 1.807) is 0 Å². The minimum Gasteiger partial charge on any atom is -0.455 e. The molecular weight excluding hydrogens is 631 g/mol. The van der Waals surface area contributed by atoms with Gasteiger partial charge >= 0.3 is 0 Å². The van der Waals surface area contributed by atoms with Crippen LogP contribution in [0.25, 0.3) is 76.9 Å². The highest BCUT2D eigenvalue weighted by molar-refractivity contribution is 6.19. The van der Waals surface area contributed by atoms with Gasteiger partial charge in [0, 0.05) is 33.1 Å². The highest BCUT2D eigenvalue weighted by Crippen LogP contribution is 2.44. The summed E-state index contributed by atoms with van der Waals surface area (Å²) in [7, 11) is 0. The maximum absolute atomic E-state index is 6.52. The second-order valence-corrected chi connectivity index (χ2v) is 13.3. The second kappa shape index (κ2) is 12.5. The lowest BCUT2D eigenvalue weighted by Gasteiger charge is -2.28. The van der Waals surface area contributed by atoms with Crippen LogP contribution in [-0.2, 0) is 0 Å². The lowest BCUT2D eigenvalue weighted by Crippen LogP contribution is -2.11. The molecule has 0 N–H and O–H groups in total. The third kappa shape index (κ3) is 5.12. The number of benzene rings is 9. The summed E-state index contributed by atoms with van der Waals surface area (Å²) in [4.78, 5) is 2.38. The van der Waals surface area contributed by atoms with Crippen molar-refractivity contribution >= 4 is 60.5 Å². The number of hydrogen-bond donors (Lipinski definition) is 0. The van der Waals surface area contributed by atoms with Crippen LogP contribution in [0.15, 0.2) is 205 Å². The number of para-hydroxylation sites is 1. The molecule has 2 heteroatoms. The summed E-state index contributed by atoms with van der Waals surface area (Å²) >= 11 is 0. The molecule has 0 amide bonds. The zero-order valence-corrected chi connectivity index (χ0v) is 28.4. The molecule has 10 aromatic rings. The Morgan fingerprint density at radius 2 is 0.942 bits per heavy atom. The average Bonchev–Trinajstić information content (AvgIpc) is 3.62. The molecule has 0 aliphatic heterocycles. The lowest BCUT2D eigenvalue weighted by atomic mass is 9.97. The van der Waals surface area contributed by atoms with Crippen molar-refractivity contribution in [2.45, 2.75) is 0 Å². The fourth-order valence-corrected chi connectivity index (χ4v) is 7.71. The highest BCUT2D eigenvalue weighted by atomic mass is 16.3. The summed E-state index contributed by atoms with van der Waals surface area (Å²) in [5.74, 6) is 0. The van der Waals surface area contributed by atoms with Crippen molar-refractivity contribution in [3.05, 3.63) is 200 Å². The summed E-state index contributed by atoms with van der Waals surface area (Å²) in [6, 6.07) is 71.7. The van der Waals surface area contributed by atoms with Crippen molar-refractivity contribution in [1.29, 1.82) is 0 Å². The molecular formula is C50H33NO. The maximum atomic E-state index is 6.52. The molecule has 0 aliphatic rings. The SMILES string of the molecule is c1ccc(-c2ccc(N(c3ccc(-c4cccc5oc6c7ccccc7ccc6c45)cc3)c3ccccc3-c3ccc4ccccc4c3)cc2)cc1. The van der Waals surface area contributed by atoms with Gasteiger partial charge in [0.2, 0.25) is 0 Å². The molecule has 52 heavy (non-hydrogen) atoms. The minimum atomic E-state index is 0.900. The Kier molecular flexibility index (Phi) is 7.18. The van der Waals surface area contributed by atoms with Crippen molar-refractivity contribution in [2.24, 2.45) is 0 Å². The van der Waals surface area contributed by atoms with E-state index in [4.69, 9.17) is 4.42 Å². The van der Waals surface area contributed by atoms with Gasteiger partial charge in [-0.05, 0) is 92.5 Å². The first-order valence-corrected chi connectivity index (χ1v) is 17.8. The van der Waals surface area contributed by atoms with E-state index in [0.29, 0.717) is 0 Å². The zero-order chi connectivity index (χ0) is 34.4. The Bertz CT molecular complexity index is 2890. The summed E-state index contributed by atoms with van der Waals surface area (Å²) in [5, 5.41) is 7.06. The van der Waals surface area contributed by atoms with E-state index >= 15 is 0 Å². The van der Waals surface area contributed by atoms with E-state index in [2.05, 4.69) is 205 Å². The van der Waals surface area contributed by atoms with E-state index in [1.165, 1.54) is 38.4 Å². The molecule has 0 saturated carbocycles. The molecule has 0 aliphatic carbocycles. The Balaban J connectivity index is 1.11. The van der Waals surface area contributed by atoms with E-state index < -0.39 is 0 Å². The molecule has 1 heterocycles. The quantitative estimate of drug-likeness (QED) is 0.176. The van der Waals surface area contributed by atoms with Crippen molar-refractivity contribution in [3.63, 3.8) is 0 Å². The lowest BCUT2D eigenvalue weighted by molar-refractivity contribution is 0.673. The van der Waals surface area contributed by atoms with Gasteiger partial charge in [-0.3, -0.25) is 0 Å². The van der Waals surface area contributed by atoms with Gasteiger partial charge in [-0.1, -0.05) is 152 Å². The van der Waals surface area contributed by atoms with Gasteiger partial charge in [0.15, 0.2) is 0 Å². The minimum absolute atomic E-state index is 0.900. The van der Waals surface area contributed by atoms with E-state index in [0.717, 1.165) is 55.5 Å². The molecule has 9 aromatic carbocycles. The van der Waals surface area contributed by atoms with Crippen LogP contribution in [0, 0.1) is 0 Å². The van der Waals surface area contributed by atoms with Crippen LogP contribution < -0.4 is 4.90 Å². The van der Waals surface area contributed by atoms with E-state index in [-0.39, 0.29) is 0 Å². The molecule has 244 valence electrons. The fourth-order valence-electron chi connectivity index (χ4n) is 7.71. The molecule has 0 fully saturated rings. The average molecular weight is 664 g/mol. The summed E-state index contributed by atoms with van der Waals surface area (Å²) in [6.45, 7) is 0. The first-order valence-electron chi connectivity index (χ1n) is 17.8. The second-order valence-electron chi connectivity index (χ2n) is 13.3. The molecule has 0 atom stereocenters.